The van der Waals surface area contributed by atoms with Crippen LogP contribution >= 0.6 is 12.4 Å². The number of piperidine rings is 1. The summed E-state index contributed by atoms with van der Waals surface area (Å²) in [6.45, 7) is 0.496. The Labute approximate surface area is 142 Å². The monoisotopic (exact) mass is 337 g/mol. The van der Waals surface area contributed by atoms with Crippen molar-refractivity contribution in [2.24, 2.45) is 11.7 Å². The Bertz CT molecular complexity index is 549. The maximum Gasteiger partial charge on any atom is 0.248 e. The number of amides is 2. The molecule has 2 atom stereocenters. The first-order valence-electron chi connectivity index (χ1n) is 8.01. The van der Waals surface area contributed by atoms with Crippen LogP contribution in [0.1, 0.15) is 48.0 Å². The van der Waals surface area contributed by atoms with Crippen molar-refractivity contribution in [2.45, 2.75) is 50.7 Å². The maximum atomic E-state index is 12.1. The number of hydrogen-bond acceptors (Lipinski definition) is 3. The first-order chi connectivity index (χ1) is 10.6. The van der Waals surface area contributed by atoms with Crippen molar-refractivity contribution >= 4 is 24.2 Å². The summed E-state index contributed by atoms with van der Waals surface area (Å²) in [5.41, 5.74) is 6.67. The zero-order valence-electron chi connectivity index (χ0n) is 13.1. The highest BCUT2D eigenvalue weighted by atomic mass is 35.5. The largest absolute Gasteiger partial charge is 0.366 e. The van der Waals surface area contributed by atoms with E-state index >= 15 is 0 Å². The molecule has 2 aliphatic heterocycles. The molecule has 23 heavy (non-hydrogen) atoms. The number of hydrogen-bond donors (Lipinski definition) is 3. The topological polar surface area (TPSA) is 84.2 Å². The molecule has 1 aromatic carbocycles. The van der Waals surface area contributed by atoms with Gasteiger partial charge >= 0.3 is 0 Å². The molecule has 2 unspecified atom stereocenters. The number of fused-ring (bicyclic) bond motifs is 2. The van der Waals surface area contributed by atoms with Gasteiger partial charge in [0.05, 0.1) is 0 Å². The second-order valence-corrected chi connectivity index (χ2v) is 6.52. The maximum absolute atomic E-state index is 12.1. The molecule has 0 saturated carbocycles. The average molecular weight is 338 g/mol. The van der Waals surface area contributed by atoms with Gasteiger partial charge < -0.3 is 16.4 Å². The average Bonchev–Trinajstić information content (AvgIpc) is 2.84. The standard InChI is InChI=1S/C17H23N3O2.ClH/c18-17(22)13-3-1-11(2-4-13)10-19-16(21)9-12-7-14-5-6-15(8-12)20-14;/h1-4,12,14-15,20H,5-10H2,(H2,18,22)(H,19,21);1H. The van der Waals surface area contributed by atoms with Crippen LogP contribution in [0, 0.1) is 5.92 Å². The van der Waals surface area contributed by atoms with Crippen LogP contribution in [-0.2, 0) is 11.3 Å². The molecule has 2 aliphatic rings. The van der Waals surface area contributed by atoms with Gasteiger partial charge in [0.25, 0.3) is 0 Å². The van der Waals surface area contributed by atoms with E-state index in [4.69, 9.17) is 5.73 Å². The highest BCUT2D eigenvalue weighted by molar-refractivity contribution is 5.92. The van der Waals surface area contributed by atoms with Crippen molar-refractivity contribution in [2.75, 3.05) is 0 Å². The predicted octanol–water partition coefficient (Wildman–Crippen LogP) is 1.74. The van der Waals surface area contributed by atoms with Gasteiger partial charge in [0.2, 0.25) is 11.8 Å². The van der Waals surface area contributed by atoms with Crippen LogP contribution in [0.2, 0.25) is 0 Å². The fourth-order valence-corrected chi connectivity index (χ4v) is 3.66. The van der Waals surface area contributed by atoms with Gasteiger partial charge in [0.1, 0.15) is 0 Å². The number of benzene rings is 1. The molecule has 2 fully saturated rings. The molecule has 1 aromatic rings. The van der Waals surface area contributed by atoms with E-state index in [0.29, 0.717) is 36.5 Å². The number of halogens is 1. The molecule has 2 bridgehead atoms. The molecule has 6 heteroatoms. The number of nitrogens with two attached hydrogens (primary N) is 1. The van der Waals surface area contributed by atoms with Crippen molar-refractivity contribution in [3.05, 3.63) is 35.4 Å². The molecule has 3 rings (SSSR count). The second kappa shape index (κ2) is 7.79. The van der Waals surface area contributed by atoms with Crippen LogP contribution in [0.4, 0.5) is 0 Å². The van der Waals surface area contributed by atoms with Crippen LogP contribution in [-0.4, -0.2) is 23.9 Å². The van der Waals surface area contributed by atoms with Crippen molar-refractivity contribution in [1.29, 1.82) is 0 Å². The van der Waals surface area contributed by atoms with E-state index in [-0.39, 0.29) is 18.3 Å². The third kappa shape index (κ3) is 4.69. The Hall–Kier alpha value is -1.59. The molecular weight excluding hydrogens is 314 g/mol. The summed E-state index contributed by atoms with van der Waals surface area (Å²) >= 11 is 0. The van der Waals surface area contributed by atoms with Crippen LogP contribution in [0.5, 0.6) is 0 Å². The molecule has 0 spiro atoms. The van der Waals surface area contributed by atoms with Crippen LogP contribution in [0.3, 0.4) is 0 Å². The summed E-state index contributed by atoms with van der Waals surface area (Å²) in [4.78, 5) is 23.1. The van der Waals surface area contributed by atoms with Gasteiger partial charge in [-0.1, -0.05) is 12.1 Å². The second-order valence-electron chi connectivity index (χ2n) is 6.52. The Morgan fingerprint density at radius 1 is 1.13 bits per heavy atom. The summed E-state index contributed by atoms with van der Waals surface area (Å²) in [5, 5.41) is 6.57. The molecule has 2 heterocycles. The van der Waals surface area contributed by atoms with Crippen LogP contribution in [0.15, 0.2) is 24.3 Å². The van der Waals surface area contributed by atoms with Crippen molar-refractivity contribution in [3.8, 4) is 0 Å². The van der Waals surface area contributed by atoms with Gasteiger partial charge in [-0.3, -0.25) is 9.59 Å². The lowest BCUT2D eigenvalue weighted by molar-refractivity contribution is -0.122. The Morgan fingerprint density at radius 3 is 2.30 bits per heavy atom. The fourth-order valence-electron chi connectivity index (χ4n) is 3.66. The summed E-state index contributed by atoms with van der Waals surface area (Å²) in [6.07, 6.45) is 5.38. The van der Waals surface area contributed by atoms with E-state index in [0.717, 1.165) is 18.4 Å². The highest BCUT2D eigenvalue weighted by Crippen LogP contribution is 2.32. The quantitative estimate of drug-likeness (QED) is 0.765. The molecule has 0 aromatic heterocycles. The zero-order valence-corrected chi connectivity index (χ0v) is 13.9. The first kappa shape index (κ1) is 17.8. The number of nitrogens with one attached hydrogen (secondary N) is 2. The summed E-state index contributed by atoms with van der Waals surface area (Å²) in [5.74, 6) is 0.192. The van der Waals surface area contributed by atoms with Gasteiger partial charge in [-0.05, 0) is 49.3 Å². The summed E-state index contributed by atoms with van der Waals surface area (Å²) in [6, 6.07) is 8.27. The van der Waals surface area contributed by atoms with Crippen molar-refractivity contribution in [1.82, 2.24) is 10.6 Å². The fraction of sp³-hybridized carbons (Fsp3) is 0.529. The molecular formula is C17H24ClN3O2. The number of carbonyl (C=O) groups excluding carboxylic acids is 2. The third-order valence-corrected chi connectivity index (χ3v) is 4.77. The molecule has 2 amide bonds. The Balaban J connectivity index is 0.00000192. The molecule has 2 saturated heterocycles. The first-order valence-corrected chi connectivity index (χ1v) is 8.01. The predicted molar refractivity (Wildman–Crippen MR) is 91.3 cm³/mol. The SMILES string of the molecule is Cl.NC(=O)c1ccc(CNC(=O)CC2CC3CCC(C2)N3)cc1. The smallest absolute Gasteiger partial charge is 0.248 e. The molecule has 126 valence electrons. The van der Waals surface area contributed by atoms with Crippen molar-refractivity contribution < 1.29 is 9.59 Å². The lowest BCUT2D eigenvalue weighted by Crippen LogP contribution is -2.39. The van der Waals surface area contributed by atoms with E-state index < -0.39 is 5.91 Å². The highest BCUT2D eigenvalue weighted by Gasteiger charge is 2.34. The van der Waals surface area contributed by atoms with Gasteiger partial charge in [0.15, 0.2) is 0 Å². The lowest BCUT2D eigenvalue weighted by Gasteiger charge is -2.28. The zero-order chi connectivity index (χ0) is 15.5. The van der Waals surface area contributed by atoms with Crippen LogP contribution < -0.4 is 16.4 Å². The lowest BCUT2D eigenvalue weighted by atomic mass is 9.89. The van der Waals surface area contributed by atoms with E-state index in [9.17, 15) is 9.59 Å². The normalized spacial score (nSPS) is 25.5. The summed E-state index contributed by atoms with van der Waals surface area (Å²) < 4.78 is 0. The molecule has 0 aliphatic carbocycles. The van der Waals surface area contributed by atoms with E-state index in [1.165, 1.54) is 12.8 Å². The van der Waals surface area contributed by atoms with Gasteiger partial charge in [-0.2, -0.15) is 0 Å². The number of rotatable bonds is 5. The molecule has 4 N–H and O–H groups in total. The number of primary amides is 1. The Morgan fingerprint density at radius 2 is 1.74 bits per heavy atom. The van der Waals surface area contributed by atoms with Crippen LogP contribution in [0.25, 0.3) is 0 Å². The minimum absolute atomic E-state index is 0. The molecule has 5 nitrogen and oxygen atoms in total. The minimum Gasteiger partial charge on any atom is -0.366 e. The van der Waals surface area contributed by atoms with Gasteiger partial charge in [-0.25, -0.2) is 0 Å². The van der Waals surface area contributed by atoms with Gasteiger partial charge in [0, 0.05) is 30.6 Å². The molecule has 0 radical (unpaired) electrons. The number of carbonyl (C=O) groups is 2. The Kier molecular flexibility index (Phi) is 6.02. The van der Waals surface area contributed by atoms with E-state index in [2.05, 4.69) is 10.6 Å². The third-order valence-electron chi connectivity index (χ3n) is 4.77. The van der Waals surface area contributed by atoms with E-state index in [1.54, 1.807) is 12.1 Å². The van der Waals surface area contributed by atoms with Crippen molar-refractivity contribution in [3.63, 3.8) is 0 Å². The minimum atomic E-state index is -0.434. The summed E-state index contributed by atoms with van der Waals surface area (Å²) in [7, 11) is 0. The van der Waals surface area contributed by atoms with Gasteiger partial charge in [-0.15, -0.1) is 12.4 Å². The van der Waals surface area contributed by atoms with E-state index in [1.807, 2.05) is 12.1 Å².